The molecule has 2 aromatic heterocycles. The van der Waals surface area contributed by atoms with E-state index >= 15 is 0 Å². The number of aryl methyl sites for hydroxylation is 1. The van der Waals surface area contributed by atoms with Gasteiger partial charge >= 0.3 is 0 Å². The van der Waals surface area contributed by atoms with E-state index in [0.717, 1.165) is 21.8 Å². The van der Waals surface area contributed by atoms with Crippen molar-refractivity contribution in [2.45, 2.75) is 6.92 Å². The normalized spacial score (nSPS) is 10.8. The lowest BCUT2D eigenvalue weighted by Gasteiger charge is -2.08. The molecule has 0 bridgehead atoms. The maximum Gasteiger partial charge on any atom is 0.271 e. The number of hydrogen-bond donors (Lipinski definition) is 1. The average molecular weight is 405 g/mol. The van der Waals surface area contributed by atoms with Crippen molar-refractivity contribution in [2.24, 2.45) is 0 Å². The van der Waals surface area contributed by atoms with Gasteiger partial charge in [-0.2, -0.15) is 0 Å². The highest BCUT2D eigenvalue weighted by molar-refractivity contribution is 7.16. The Morgan fingerprint density at radius 1 is 1.10 bits per heavy atom. The predicted octanol–water partition coefficient (Wildman–Crippen LogP) is 3.54. The molecule has 0 saturated carbocycles. The summed E-state index contributed by atoms with van der Waals surface area (Å²) in [6, 6.07) is 17.9. The van der Waals surface area contributed by atoms with Crippen LogP contribution < -0.4 is 15.6 Å². The first-order chi connectivity index (χ1) is 14.1. The Morgan fingerprint density at radius 3 is 2.59 bits per heavy atom. The van der Waals surface area contributed by atoms with Crippen molar-refractivity contribution in [3.05, 3.63) is 87.8 Å². The zero-order chi connectivity index (χ0) is 20.2. The first-order valence-electron chi connectivity index (χ1n) is 9.16. The van der Waals surface area contributed by atoms with E-state index in [1.165, 1.54) is 21.9 Å². The minimum absolute atomic E-state index is 0.0208. The van der Waals surface area contributed by atoms with Gasteiger partial charge < -0.3 is 10.1 Å². The minimum atomic E-state index is -0.455. The van der Waals surface area contributed by atoms with Crippen molar-refractivity contribution in [1.29, 1.82) is 0 Å². The molecule has 7 heteroatoms. The fourth-order valence-electron chi connectivity index (χ4n) is 2.95. The number of amides is 1. The third kappa shape index (κ3) is 4.20. The molecule has 2 heterocycles. The Balaban J connectivity index is 1.32. The van der Waals surface area contributed by atoms with Crippen molar-refractivity contribution >= 4 is 22.2 Å². The third-order valence-corrected chi connectivity index (χ3v) is 5.30. The van der Waals surface area contributed by atoms with Gasteiger partial charge in [0.1, 0.15) is 17.9 Å². The van der Waals surface area contributed by atoms with Crippen LogP contribution in [-0.2, 0) is 0 Å². The van der Waals surface area contributed by atoms with Crippen LogP contribution >= 0.6 is 11.3 Å². The number of hydrogen-bond acceptors (Lipinski definition) is 5. The van der Waals surface area contributed by atoms with E-state index in [-0.39, 0.29) is 17.7 Å². The molecule has 0 radical (unpaired) electrons. The predicted molar refractivity (Wildman–Crippen MR) is 114 cm³/mol. The molecule has 0 spiro atoms. The number of carbonyl (C=O) groups excluding carboxylic acids is 1. The average Bonchev–Trinajstić information content (AvgIpc) is 3.14. The van der Waals surface area contributed by atoms with Crippen molar-refractivity contribution in [3.8, 4) is 16.9 Å². The Morgan fingerprint density at radius 2 is 1.83 bits per heavy atom. The van der Waals surface area contributed by atoms with E-state index in [0.29, 0.717) is 11.6 Å². The van der Waals surface area contributed by atoms with Crippen molar-refractivity contribution in [2.75, 3.05) is 13.2 Å². The van der Waals surface area contributed by atoms with Crippen LogP contribution in [0.1, 0.15) is 15.2 Å². The Labute approximate surface area is 171 Å². The fourth-order valence-corrected chi connectivity index (χ4v) is 3.74. The van der Waals surface area contributed by atoms with Crippen molar-refractivity contribution < 1.29 is 9.53 Å². The Hall–Kier alpha value is -3.45. The largest absolute Gasteiger partial charge is 0.492 e. The summed E-state index contributed by atoms with van der Waals surface area (Å²) in [5, 5.41) is 2.70. The Kier molecular flexibility index (Phi) is 5.39. The lowest BCUT2D eigenvalue weighted by atomic mass is 10.1. The summed E-state index contributed by atoms with van der Waals surface area (Å²) in [4.78, 5) is 30.5. The summed E-state index contributed by atoms with van der Waals surface area (Å²) in [5.41, 5.74) is 1.91. The van der Waals surface area contributed by atoms with Gasteiger partial charge in [0.05, 0.1) is 6.54 Å². The molecule has 29 heavy (non-hydrogen) atoms. The second-order valence-corrected chi connectivity index (χ2v) is 7.68. The van der Waals surface area contributed by atoms with Crippen molar-refractivity contribution in [3.63, 3.8) is 0 Å². The summed E-state index contributed by atoms with van der Waals surface area (Å²) in [5.74, 6) is 0.264. The van der Waals surface area contributed by atoms with Gasteiger partial charge in [-0.3, -0.25) is 14.0 Å². The quantitative estimate of drug-likeness (QED) is 0.498. The standard InChI is InChI=1S/C22H19N3O3S/c1-15-14-25-21(27)19(13-24-22(25)29-15)20(26)23-11-12-28-18-9-7-17(8-10-18)16-5-3-2-4-6-16/h2-10,13-14H,11-12H2,1H3,(H,23,26). The highest BCUT2D eigenvalue weighted by Crippen LogP contribution is 2.21. The molecule has 1 amide bonds. The SMILES string of the molecule is Cc1cn2c(=O)c(C(=O)NCCOc3ccc(-c4ccccc4)cc3)cnc2s1. The summed E-state index contributed by atoms with van der Waals surface area (Å²) >= 11 is 1.41. The second kappa shape index (κ2) is 8.28. The first kappa shape index (κ1) is 18.9. The topological polar surface area (TPSA) is 72.7 Å². The van der Waals surface area contributed by atoms with Crippen molar-refractivity contribution in [1.82, 2.24) is 14.7 Å². The molecule has 0 aliphatic rings. The third-order valence-electron chi connectivity index (χ3n) is 4.38. The second-order valence-electron chi connectivity index (χ2n) is 6.47. The highest BCUT2D eigenvalue weighted by Gasteiger charge is 2.14. The molecular formula is C22H19N3O3S. The van der Waals surface area contributed by atoms with E-state index in [2.05, 4.69) is 22.4 Å². The van der Waals surface area contributed by atoms with Crippen LogP contribution in [-0.4, -0.2) is 28.4 Å². The highest BCUT2D eigenvalue weighted by atomic mass is 32.1. The number of fused-ring (bicyclic) bond motifs is 1. The molecule has 0 fully saturated rings. The maximum absolute atomic E-state index is 12.4. The van der Waals surface area contributed by atoms with E-state index in [4.69, 9.17) is 4.74 Å². The molecule has 4 aromatic rings. The molecule has 0 aliphatic heterocycles. The molecular weight excluding hydrogens is 386 g/mol. The van der Waals surface area contributed by atoms with Crippen LogP contribution in [0, 0.1) is 6.92 Å². The number of benzene rings is 2. The van der Waals surface area contributed by atoms with Gasteiger partial charge in [-0.15, -0.1) is 11.3 Å². The summed E-state index contributed by atoms with van der Waals surface area (Å²) < 4.78 is 7.08. The van der Waals surface area contributed by atoms with Gasteiger partial charge in [-0.25, -0.2) is 4.98 Å². The first-order valence-corrected chi connectivity index (χ1v) is 9.98. The molecule has 0 unspecified atom stereocenters. The van der Waals surface area contributed by atoms with Gasteiger partial charge in [0.25, 0.3) is 11.5 Å². The van der Waals surface area contributed by atoms with Crippen LogP contribution in [0.3, 0.4) is 0 Å². The maximum atomic E-state index is 12.4. The molecule has 146 valence electrons. The summed E-state index contributed by atoms with van der Waals surface area (Å²) in [6.07, 6.45) is 3.01. The van der Waals surface area contributed by atoms with E-state index < -0.39 is 5.91 Å². The van der Waals surface area contributed by atoms with E-state index in [1.807, 2.05) is 49.4 Å². The lowest BCUT2D eigenvalue weighted by molar-refractivity contribution is 0.0945. The molecule has 0 aliphatic carbocycles. The smallest absolute Gasteiger partial charge is 0.271 e. The van der Waals surface area contributed by atoms with Crippen LogP contribution in [0.4, 0.5) is 0 Å². The number of carbonyl (C=O) groups is 1. The number of thiazole rings is 1. The molecule has 2 aromatic carbocycles. The van der Waals surface area contributed by atoms with Gasteiger partial charge in [-0.05, 0) is 30.2 Å². The molecule has 1 N–H and O–H groups in total. The zero-order valence-corrected chi connectivity index (χ0v) is 16.6. The number of nitrogens with one attached hydrogen (secondary N) is 1. The fraction of sp³-hybridized carbons (Fsp3) is 0.136. The number of rotatable bonds is 6. The molecule has 0 atom stereocenters. The van der Waals surface area contributed by atoms with Gasteiger partial charge in [0.15, 0.2) is 4.96 Å². The van der Waals surface area contributed by atoms with Gasteiger partial charge in [0.2, 0.25) is 0 Å². The zero-order valence-electron chi connectivity index (χ0n) is 15.8. The molecule has 4 rings (SSSR count). The number of nitrogens with zero attached hydrogens (tertiary/aromatic N) is 2. The van der Waals surface area contributed by atoms with E-state index in [9.17, 15) is 9.59 Å². The number of ether oxygens (including phenoxy) is 1. The van der Waals surface area contributed by atoms with Gasteiger partial charge in [0, 0.05) is 17.3 Å². The monoisotopic (exact) mass is 405 g/mol. The van der Waals surface area contributed by atoms with Crippen LogP contribution in [0.25, 0.3) is 16.1 Å². The molecule has 6 nitrogen and oxygen atoms in total. The minimum Gasteiger partial charge on any atom is -0.492 e. The van der Waals surface area contributed by atoms with E-state index in [1.54, 1.807) is 6.20 Å². The summed E-state index contributed by atoms with van der Waals surface area (Å²) in [7, 11) is 0. The molecule has 0 saturated heterocycles. The van der Waals surface area contributed by atoms with Crippen LogP contribution in [0.2, 0.25) is 0 Å². The van der Waals surface area contributed by atoms with Crippen LogP contribution in [0.15, 0.2) is 71.8 Å². The number of aromatic nitrogens is 2. The van der Waals surface area contributed by atoms with Crippen LogP contribution in [0.5, 0.6) is 5.75 Å². The lowest BCUT2D eigenvalue weighted by Crippen LogP contribution is -2.33. The Bertz CT molecular complexity index is 1200. The van der Waals surface area contributed by atoms with Gasteiger partial charge in [-0.1, -0.05) is 42.5 Å². The summed E-state index contributed by atoms with van der Waals surface area (Å²) in [6.45, 7) is 2.47.